The molecular formula is C18H24N2O2S. The third-order valence-electron chi connectivity index (χ3n) is 3.89. The van der Waals surface area contributed by atoms with Crippen molar-refractivity contribution in [3.05, 3.63) is 29.8 Å². The standard InChI is InChI=1S/C18H24N2O2S/c1-5-13-10-14-8-9-15(22-4)11-16(14)19-18(13)23-12-17(21)20(6-2)7-3/h8-11H,5-7,12H2,1-4H3. The Bertz CT molecular complexity index is 684. The fourth-order valence-electron chi connectivity index (χ4n) is 2.48. The van der Waals surface area contributed by atoms with Crippen molar-refractivity contribution in [1.29, 1.82) is 0 Å². The van der Waals surface area contributed by atoms with Gasteiger partial charge in [-0.2, -0.15) is 0 Å². The van der Waals surface area contributed by atoms with E-state index in [9.17, 15) is 4.79 Å². The third kappa shape index (κ3) is 4.16. The van der Waals surface area contributed by atoms with Crippen LogP contribution in [0.25, 0.3) is 10.9 Å². The van der Waals surface area contributed by atoms with Gasteiger partial charge < -0.3 is 9.64 Å². The number of benzene rings is 1. The lowest BCUT2D eigenvalue weighted by molar-refractivity contribution is -0.127. The smallest absolute Gasteiger partial charge is 0.232 e. The van der Waals surface area contributed by atoms with Crippen LogP contribution in [0.2, 0.25) is 0 Å². The van der Waals surface area contributed by atoms with Crippen LogP contribution in [0.5, 0.6) is 5.75 Å². The number of hydrogen-bond acceptors (Lipinski definition) is 4. The van der Waals surface area contributed by atoms with E-state index in [-0.39, 0.29) is 5.91 Å². The summed E-state index contributed by atoms with van der Waals surface area (Å²) in [6.45, 7) is 7.62. The monoisotopic (exact) mass is 332 g/mol. The highest BCUT2D eigenvalue weighted by atomic mass is 32.2. The van der Waals surface area contributed by atoms with Crippen molar-refractivity contribution in [3.63, 3.8) is 0 Å². The van der Waals surface area contributed by atoms with Gasteiger partial charge in [0.1, 0.15) is 10.8 Å². The lowest BCUT2D eigenvalue weighted by atomic mass is 10.1. The summed E-state index contributed by atoms with van der Waals surface area (Å²) in [5.41, 5.74) is 2.08. The first kappa shape index (κ1) is 17.6. The van der Waals surface area contributed by atoms with E-state index in [2.05, 4.69) is 13.0 Å². The molecule has 4 nitrogen and oxygen atoms in total. The summed E-state index contributed by atoms with van der Waals surface area (Å²) < 4.78 is 5.27. The molecule has 124 valence electrons. The Morgan fingerprint density at radius 1 is 1.22 bits per heavy atom. The van der Waals surface area contributed by atoms with Gasteiger partial charge >= 0.3 is 0 Å². The average molecular weight is 332 g/mol. The van der Waals surface area contributed by atoms with Crippen molar-refractivity contribution < 1.29 is 9.53 Å². The van der Waals surface area contributed by atoms with Crippen molar-refractivity contribution in [1.82, 2.24) is 9.88 Å². The third-order valence-corrected chi connectivity index (χ3v) is 4.91. The minimum absolute atomic E-state index is 0.162. The second kappa shape index (κ2) is 8.20. The zero-order chi connectivity index (χ0) is 16.8. The minimum Gasteiger partial charge on any atom is -0.497 e. The number of aryl methyl sites for hydroxylation is 1. The van der Waals surface area contributed by atoms with Crippen LogP contribution in [-0.4, -0.2) is 41.7 Å². The van der Waals surface area contributed by atoms with Crippen LogP contribution < -0.4 is 4.74 Å². The number of hydrogen-bond donors (Lipinski definition) is 0. The maximum atomic E-state index is 12.2. The number of thioether (sulfide) groups is 1. The number of ether oxygens (including phenoxy) is 1. The molecule has 0 saturated carbocycles. The Kier molecular flexibility index (Phi) is 6.28. The highest BCUT2D eigenvalue weighted by Gasteiger charge is 2.13. The van der Waals surface area contributed by atoms with E-state index in [0.717, 1.165) is 41.2 Å². The van der Waals surface area contributed by atoms with Crippen LogP contribution in [0.1, 0.15) is 26.3 Å². The first-order valence-electron chi connectivity index (χ1n) is 8.01. The summed E-state index contributed by atoms with van der Waals surface area (Å²) in [6.07, 6.45) is 0.900. The summed E-state index contributed by atoms with van der Waals surface area (Å²) in [7, 11) is 1.65. The fraction of sp³-hybridized carbons (Fsp3) is 0.444. The SMILES string of the molecule is CCc1cc2ccc(OC)cc2nc1SCC(=O)N(CC)CC. The number of rotatable bonds is 7. The molecule has 0 aliphatic heterocycles. The molecule has 0 atom stereocenters. The number of nitrogens with zero attached hydrogens (tertiary/aromatic N) is 2. The maximum absolute atomic E-state index is 12.2. The summed E-state index contributed by atoms with van der Waals surface area (Å²) in [4.78, 5) is 18.8. The van der Waals surface area contributed by atoms with E-state index in [4.69, 9.17) is 9.72 Å². The molecular weight excluding hydrogens is 308 g/mol. The molecule has 0 N–H and O–H groups in total. The lowest BCUT2D eigenvalue weighted by Crippen LogP contribution is -2.31. The number of methoxy groups -OCH3 is 1. The van der Waals surface area contributed by atoms with Gasteiger partial charge in [0.05, 0.1) is 18.4 Å². The van der Waals surface area contributed by atoms with Crippen LogP contribution in [0.15, 0.2) is 29.3 Å². The van der Waals surface area contributed by atoms with Gasteiger partial charge in [-0.3, -0.25) is 4.79 Å². The van der Waals surface area contributed by atoms with E-state index in [1.807, 2.05) is 36.9 Å². The van der Waals surface area contributed by atoms with Gasteiger partial charge in [-0.25, -0.2) is 4.98 Å². The number of pyridine rings is 1. The first-order chi connectivity index (χ1) is 11.1. The van der Waals surface area contributed by atoms with Crippen molar-refractivity contribution in [3.8, 4) is 5.75 Å². The lowest BCUT2D eigenvalue weighted by Gasteiger charge is -2.18. The summed E-state index contributed by atoms with van der Waals surface area (Å²) in [5.74, 6) is 1.39. The zero-order valence-electron chi connectivity index (χ0n) is 14.3. The number of amides is 1. The van der Waals surface area contributed by atoms with Gasteiger partial charge in [-0.15, -0.1) is 0 Å². The van der Waals surface area contributed by atoms with Gasteiger partial charge in [-0.05, 0) is 44.0 Å². The normalized spacial score (nSPS) is 10.8. The second-order valence-electron chi connectivity index (χ2n) is 5.22. The van der Waals surface area contributed by atoms with E-state index in [1.54, 1.807) is 7.11 Å². The van der Waals surface area contributed by atoms with E-state index < -0.39 is 0 Å². The minimum atomic E-state index is 0.162. The molecule has 1 aromatic heterocycles. The van der Waals surface area contributed by atoms with E-state index in [0.29, 0.717) is 5.75 Å². The van der Waals surface area contributed by atoms with Gasteiger partial charge in [0.2, 0.25) is 5.91 Å². The summed E-state index contributed by atoms with van der Waals surface area (Å²) in [5, 5.41) is 2.04. The summed E-state index contributed by atoms with van der Waals surface area (Å²) in [6, 6.07) is 8.06. The Morgan fingerprint density at radius 2 is 1.96 bits per heavy atom. The maximum Gasteiger partial charge on any atom is 0.232 e. The molecule has 0 aliphatic carbocycles. The quantitative estimate of drug-likeness (QED) is 0.724. The van der Waals surface area contributed by atoms with Gasteiger partial charge in [0, 0.05) is 24.5 Å². The molecule has 0 aliphatic rings. The highest BCUT2D eigenvalue weighted by Crippen LogP contribution is 2.27. The largest absolute Gasteiger partial charge is 0.497 e. The molecule has 1 amide bonds. The highest BCUT2D eigenvalue weighted by molar-refractivity contribution is 7.99. The molecule has 0 spiro atoms. The van der Waals surface area contributed by atoms with Crippen LogP contribution in [0, 0.1) is 0 Å². The average Bonchev–Trinajstić information content (AvgIpc) is 2.59. The van der Waals surface area contributed by atoms with E-state index >= 15 is 0 Å². The molecule has 1 aromatic carbocycles. The molecule has 2 aromatic rings. The van der Waals surface area contributed by atoms with Gasteiger partial charge in [0.15, 0.2) is 0 Å². The van der Waals surface area contributed by atoms with Crippen molar-refractivity contribution in [2.75, 3.05) is 26.0 Å². The molecule has 0 fully saturated rings. The van der Waals surface area contributed by atoms with Crippen molar-refractivity contribution in [2.24, 2.45) is 0 Å². The molecule has 2 rings (SSSR count). The molecule has 0 bridgehead atoms. The predicted molar refractivity (Wildman–Crippen MR) is 96.3 cm³/mol. The van der Waals surface area contributed by atoms with E-state index in [1.165, 1.54) is 17.3 Å². The number of aromatic nitrogens is 1. The molecule has 1 heterocycles. The number of carbonyl (C=O) groups is 1. The Hall–Kier alpha value is -1.75. The molecule has 0 unspecified atom stereocenters. The zero-order valence-corrected chi connectivity index (χ0v) is 15.1. The van der Waals surface area contributed by atoms with Gasteiger partial charge in [-0.1, -0.05) is 18.7 Å². The number of fused-ring (bicyclic) bond motifs is 1. The van der Waals surface area contributed by atoms with Gasteiger partial charge in [0.25, 0.3) is 0 Å². The van der Waals surface area contributed by atoms with Crippen molar-refractivity contribution in [2.45, 2.75) is 32.2 Å². The summed E-state index contributed by atoms with van der Waals surface area (Å²) >= 11 is 1.52. The fourth-order valence-corrected chi connectivity index (χ4v) is 3.47. The van der Waals surface area contributed by atoms with Crippen LogP contribution in [0.4, 0.5) is 0 Å². The molecule has 0 saturated heterocycles. The Morgan fingerprint density at radius 3 is 2.57 bits per heavy atom. The predicted octanol–water partition coefficient (Wildman–Crippen LogP) is 3.77. The Labute approximate surface area is 142 Å². The Balaban J connectivity index is 2.26. The second-order valence-corrected chi connectivity index (χ2v) is 6.18. The molecule has 0 radical (unpaired) electrons. The molecule has 5 heteroatoms. The number of carbonyl (C=O) groups excluding carboxylic acids is 1. The molecule has 23 heavy (non-hydrogen) atoms. The van der Waals surface area contributed by atoms with Crippen LogP contribution >= 0.6 is 11.8 Å². The van der Waals surface area contributed by atoms with Crippen LogP contribution in [0.3, 0.4) is 0 Å². The first-order valence-corrected chi connectivity index (χ1v) is 8.99. The van der Waals surface area contributed by atoms with Crippen LogP contribution in [-0.2, 0) is 11.2 Å². The topological polar surface area (TPSA) is 42.4 Å². The van der Waals surface area contributed by atoms with Crippen molar-refractivity contribution >= 4 is 28.6 Å².